The number of hydrogen-bond donors (Lipinski definition) is 2. The number of nitrogen functional groups attached to an aromatic ring is 1. The average molecular weight is 402 g/mol. The van der Waals surface area contributed by atoms with Gasteiger partial charge in [-0.15, -0.1) is 0 Å². The number of aromatic nitrogens is 2. The number of anilines is 1. The van der Waals surface area contributed by atoms with Crippen molar-refractivity contribution in [3.8, 4) is 17.3 Å². The SMILES string of the molecule is CC(C)(O)c1cc(N)c(C=NC2CCCCC2)cc1-c1ccc2cc(C#N)cnn12. The number of benzene rings is 1. The number of rotatable bonds is 4. The van der Waals surface area contributed by atoms with E-state index in [1.54, 1.807) is 30.6 Å². The largest absolute Gasteiger partial charge is 0.398 e. The summed E-state index contributed by atoms with van der Waals surface area (Å²) in [5.74, 6) is 0. The molecule has 0 unspecified atom stereocenters. The highest BCUT2D eigenvalue weighted by atomic mass is 16.3. The van der Waals surface area contributed by atoms with Gasteiger partial charge in [0, 0.05) is 29.1 Å². The fraction of sp³-hybridized carbons (Fsp3) is 0.375. The Morgan fingerprint density at radius 2 is 2.00 bits per heavy atom. The molecule has 6 heteroatoms. The van der Waals surface area contributed by atoms with Crippen LogP contribution in [0.4, 0.5) is 5.69 Å². The van der Waals surface area contributed by atoms with Gasteiger partial charge in [0.15, 0.2) is 0 Å². The predicted octanol–water partition coefficient (Wildman–Crippen LogP) is 4.43. The van der Waals surface area contributed by atoms with Crippen LogP contribution in [0.5, 0.6) is 0 Å². The van der Waals surface area contributed by atoms with Crippen molar-refractivity contribution in [2.45, 2.75) is 57.6 Å². The van der Waals surface area contributed by atoms with E-state index in [-0.39, 0.29) is 0 Å². The molecule has 0 saturated heterocycles. The molecular weight excluding hydrogens is 374 g/mol. The highest BCUT2D eigenvalue weighted by molar-refractivity contribution is 5.90. The van der Waals surface area contributed by atoms with Gasteiger partial charge in [-0.25, -0.2) is 4.52 Å². The average Bonchev–Trinajstić information content (AvgIpc) is 3.15. The van der Waals surface area contributed by atoms with Gasteiger partial charge in [0.1, 0.15) is 6.07 Å². The van der Waals surface area contributed by atoms with Crippen LogP contribution in [0.2, 0.25) is 0 Å². The van der Waals surface area contributed by atoms with Gasteiger partial charge in [-0.05, 0) is 62.6 Å². The van der Waals surface area contributed by atoms with Crippen LogP contribution in [0, 0.1) is 11.3 Å². The third-order valence-corrected chi connectivity index (χ3v) is 5.79. The van der Waals surface area contributed by atoms with Gasteiger partial charge < -0.3 is 10.8 Å². The Bertz CT molecular complexity index is 1140. The third kappa shape index (κ3) is 3.94. The molecule has 0 bridgehead atoms. The first kappa shape index (κ1) is 20.1. The fourth-order valence-corrected chi connectivity index (χ4v) is 4.14. The molecule has 6 nitrogen and oxygen atoms in total. The Morgan fingerprint density at radius 1 is 1.23 bits per heavy atom. The van der Waals surface area contributed by atoms with Gasteiger partial charge in [-0.2, -0.15) is 10.4 Å². The fourth-order valence-electron chi connectivity index (χ4n) is 4.14. The molecule has 4 rings (SSSR count). The summed E-state index contributed by atoms with van der Waals surface area (Å²) < 4.78 is 1.78. The molecule has 1 saturated carbocycles. The summed E-state index contributed by atoms with van der Waals surface area (Å²) in [7, 11) is 0. The zero-order valence-electron chi connectivity index (χ0n) is 17.5. The molecule has 0 amide bonds. The smallest absolute Gasteiger partial charge is 0.101 e. The van der Waals surface area contributed by atoms with Crippen LogP contribution in [0.25, 0.3) is 16.8 Å². The second-order valence-corrected chi connectivity index (χ2v) is 8.57. The van der Waals surface area contributed by atoms with Crippen LogP contribution in [-0.2, 0) is 5.60 Å². The summed E-state index contributed by atoms with van der Waals surface area (Å²) in [4.78, 5) is 4.79. The van der Waals surface area contributed by atoms with E-state index in [4.69, 9.17) is 16.0 Å². The maximum atomic E-state index is 10.8. The second-order valence-electron chi connectivity index (χ2n) is 8.57. The molecule has 1 aliphatic carbocycles. The molecule has 154 valence electrons. The molecular formula is C24H27N5O. The van der Waals surface area contributed by atoms with Crippen molar-refractivity contribution in [3.05, 3.63) is 53.2 Å². The number of nitrogens with two attached hydrogens (primary N) is 1. The molecule has 0 spiro atoms. The summed E-state index contributed by atoms with van der Waals surface area (Å²) in [6, 6.07) is 12.0. The first-order valence-corrected chi connectivity index (χ1v) is 10.4. The van der Waals surface area contributed by atoms with E-state index in [0.717, 1.165) is 40.7 Å². The normalized spacial score (nSPS) is 15.7. The van der Waals surface area contributed by atoms with Crippen LogP contribution < -0.4 is 5.73 Å². The number of nitriles is 1. The molecule has 1 aromatic carbocycles. The summed E-state index contributed by atoms with van der Waals surface area (Å²) in [6.07, 6.45) is 9.42. The summed E-state index contributed by atoms with van der Waals surface area (Å²) in [5.41, 5.74) is 10.4. The molecule has 3 aromatic rings. The first-order valence-electron chi connectivity index (χ1n) is 10.4. The summed E-state index contributed by atoms with van der Waals surface area (Å²) in [6.45, 7) is 3.50. The van der Waals surface area contributed by atoms with Gasteiger partial charge in [0.05, 0.1) is 28.6 Å². The van der Waals surface area contributed by atoms with Crippen LogP contribution in [0.15, 0.2) is 41.5 Å². The van der Waals surface area contributed by atoms with E-state index >= 15 is 0 Å². The molecule has 3 N–H and O–H groups in total. The van der Waals surface area contributed by atoms with Crippen LogP contribution in [0.1, 0.15) is 62.6 Å². The number of nitrogens with zero attached hydrogens (tertiary/aromatic N) is 4. The van der Waals surface area contributed by atoms with Crippen LogP contribution in [0.3, 0.4) is 0 Å². The van der Waals surface area contributed by atoms with E-state index in [2.05, 4.69) is 11.2 Å². The van der Waals surface area contributed by atoms with E-state index < -0.39 is 5.60 Å². The van der Waals surface area contributed by atoms with Crippen molar-refractivity contribution < 1.29 is 5.11 Å². The van der Waals surface area contributed by atoms with Crippen molar-refractivity contribution in [2.75, 3.05) is 5.73 Å². The molecule has 30 heavy (non-hydrogen) atoms. The van der Waals surface area contributed by atoms with Crippen molar-refractivity contribution in [1.82, 2.24) is 9.61 Å². The molecule has 0 radical (unpaired) electrons. The molecule has 1 fully saturated rings. The summed E-state index contributed by atoms with van der Waals surface area (Å²) in [5, 5.41) is 24.4. The molecule has 2 heterocycles. The lowest BCUT2D eigenvalue weighted by atomic mass is 9.89. The van der Waals surface area contributed by atoms with Crippen LogP contribution >= 0.6 is 0 Å². The Labute approximate surface area is 176 Å². The standard InChI is InChI=1S/C24H27N5O/c1-24(2,30)21-12-22(26)17(15-27-18-6-4-3-5-7-18)11-20(21)23-9-8-19-10-16(13-25)14-28-29(19)23/h8-12,14-15,18,30H,3-7,26H2,1-2H3. The maximum Gasteiger partial charge on any atom is 0.101 e. The Hall–Kier alpha value is -3.17. The van der Waals surface area contributed by atoms with Crippen molar-refractivity contribution >= 4 is 17.4 Å². The minimum absolute atomic E-state index is 0.357. The van der Waals surface area contributed by atoms with Gasteiger partial charge in [-0.3, -0.25) is 4.99 Å². The van der Waals surface area contributed by atoms with Crippen molar-refractivity contribution in [3.63, 3.8) is 0 Å². The molecule has 2 aromatic heterocycles. The Morgan fingerprint density at radius 3 is 2.70 bits per heavy atom. The van der Waals surface area contributed by atoms with E-state index in [1.807, 2.05) is 30.5 Å². The molecule has 0 atom stereocenters. The minimum atomic E-state index is -1.08. The number of aliphatic imine (C=N–C) groups is 1. The van der Waals surface area contributed by atoms with Gasteiger partial charge in [0.25, 0.3) is 0 Å². The quantitative estimate of drug-likeness (QED) is 0.499. The van der Waals surface area contributed by atoms with E-state index in [9.17, 15) is 5.11 Å². The highest BCUT2D eigenvalue weighted by Gasteiger charge is 2.24. The highest BCUT2D eigenvalue weighted by Crippen LogP contribution is 2.35. The predicted molar refractivity (Wildman–Crippen MR) is 119 cm³/mol. The van der Waals surface area contributed by atoms with Crippen molar-refractivity contribution in [2.24, 2.45) is 4.99 Å². The minimum Gasteiger partial charge on any atom is -0.398 e. The lowest BCUT2D eigenvalue weighted by Gasteiger charge is -2.23. The van der Waals surface area contributed by atoms with Crippen LogP contribution in [-0.4, -0.2) is 27.0 Å². The Kier molecular flexibility index (Phi) is 5.31. The van der Waals surface area contributed by atoms with Crippen molar-refractivity contribution in [1.29, 1.82) is 5.26 Å². The van der Waals surface area contributed by atoms with Gasteiger partial charge >= 0.3 is 0 Å². The molecule has 0 aliphatic heterocycles. The molecule has 1 aliphatic rings. The maximum absolute atomic E-state index is 10.8. The van der Waals surface area contributed by atoms with Gasteiger partial charge in [0.2, 0.25) is 0 Å². The Balaban J connectivity index is 1.83. The summed E-state index contributed by atoms with van der Waals surface area (Å²) >= 11 is 0. The van der Waals surface area contributed by atoms with E-state index in [1.165, 1.54) is 19.3 Å². The monoisotopic (exact) mass is 401 g/mol. The number of aliphatic hydroxyl groups is 1. The topological polar surface area (TPSA) is 99.7 Å². The number of fused-ring (bicyclic) bond motifs is 1. The zero-order valence-corrected chi connectivity index (χ0v) is 17.5. The van der Waals surface area contributed by atoms with Gasteiger partial charge in [-0.1, -0.05) is 19.3 Å². The second kappa shape index (κ2) is 7.92. The first-order chi connectivity index (χ1) is 14.4. The third-order valence-electron chi connectivity index (χ3n) is 5.79. The zero-order chi connectivity index (χ0) is 21.3. The lowest BCUT2D eigenvalue weighted by Crippen LogP contribution is -2.18. The number of hydrogen-bond acceptors (Lipinski definition) is 5. The van der Waals surface area contributed by atoms with E-state index in [0.29, 0.717) is 17.3 Å². The lowest BCUT2D eigenvalue weighted by molar-refractivity contribution is 0.0792.